The molecule has 0 unspecified atom stereocenters. The molecule has 4 rings (SSSR count). The number of hydrogen-bond acceptors (Lipinski definition) is 4. The predicted molar refractivity (Wildman–Crippen MR) is 133 cm³/mol. The van der Waals surface area contributed by atoms with Gasteiger partial charge < -0.3 is 4.74 Å². The Morgan fingerprint density at radius 2 is 1.67 bits per heavy atom. The Morgan fingerprint density at radius 1 is 0.939 bits per heavy atom. The zero-order valence-corrected chi connectivity index (χ0v) is 20.2. The van der Waals surface area contributed by atoms with Crippen molar-refractivity contribution in [1.29, 1.82) is 0 Å². The molecule has 170 valence electrons. The second-order valence-corrected chi connectivity index (χ2v) is 9.76. The highest BCUT2D eigenvalue weighted by molar-refractivity contribution is 7.98. The van der Waals surface area contributed by atoms with Gasteiger partial charge in [-0.05, 0) is 59.9 Å². The first kappa shape index (κ1) is 23.1. The summed E-state index contributed by atoms with van der Waals surface area (Å²) in [6.45, 7) is 9.18. The van der Waals surface area contributed by atoms with Crippen molar-refractivity contribution in [2.24, 2.45) is 0 Å². The van der Waals surface area contributed by atoms with Crippen molar-refractivity contribution in [1.82, 2.24) is 14.8 Å². The molecule has 0 atom stereocenters. The second kappa shape index (κ2) is 9.79. The van der Waals surface area contributed by atoms with Crippen LogP contribution in [0.4, 0.5) is 4.39 Å². The van der Waals surface area contributed by atoms with Gasteiger partial charge in [-0.15, -0.1) is 10.2 Å². The third kappa shape index (κ3) is 5.45. The molecule has 0 spiro atoms. The Hall–Kier alpha value is -3.12. The van der Waals surface area contributed by atoms with Gasteiger partial charge in [-0.3, -0.25) is 4.57 Å². The fourth-order valence-corrected chi connectivity index (χ4v) is 4.43. The van der Waals surface area contributed by atoms with E-state index in [1.165, 1.54) is 23.4 Å². The lowest BCUT2D eigenvalue weighted by molar-refractivity contribution is 0.340. The van der Waals surface area contributed by atoms with Crippen LogP contribution in [0.25, 0.3) is 17.1 Å². The number of ether oxygens (including phenoxy) is 1. The van der Waals surface area contributed by atoms with Crippen LogP contribution in [0.15, 0.2) is 78.0 Å². The van der Waals surface area contributed by atoms with E-state index in [0.717, 1.165) is 33.5 Å². The third-order valence-electron chi connectivity index (χ3n) is 5.31. The molecule has 0 saturated carbocycles. The Kier molecular flexibility index (Phi) is 6.84. The number of thioether (sulfide) groups is 1. The van der Waals surface area contributed by atoms with Crippen LogP contribution >= 0.6 is 11.8 Å². The molecule has 3 aromatic carbocycles. The van der Waals surface area contributed by atoms with E-state index in [-0.39, 0.29) is 11.2 Å². The lowest BCUT2D eigenvalue weighted by Gasteiger charge is -2.19. The third-order valence-corrected chi connectivity index (χ3v) is 6.31. The van der Waals surface area contributed by atoms with E-state index in [1.54, 1.807) is 12.1 Å². The van der Waals surface area contributed by atoms with Gasteiger partial charge in [0, 0.05) is 17.0 Å². The van der Waals surface area contributed by atoms with Crippen LogP contribution in [-0.4, -0.2) is 21.4 Å². The molecule has 0 N–H and O–H groups in total. The average Bonchev–Trinajstić information content (AvgIpc) is 3.22. The van der Waals surface area contributed by atoms with Gasteiger partial charge in [0.15, 0.2) is 11.0 Å². The molecular formula is C27H28FN3OS. The summed E-state index contributed by atoms with van der Waals surface area (Å²) in [5.74, 6) is 1.94. The van der Waals surface area contributed by atoms with E-state index in [9.17, 15) is 4.39 Å². The fourth-order valence-electron chi connectivity index (χ4n) is 3.54. The van der Waals surface area contributed by atoms with Gasteiger partial charge in [0.1, 0.15) is 11.6 Å². The highest BCUT2D eigenvalue weighted by atomic mass is 32.2. The van der Waals surface area contributed by atoms with E-state index in [4.69, 9.17) is 4.74 Å². The first-order valence-corrected chi connectivity index (χ1v) is 12.0. The Balaban J connectivity index is 1.71. The van der Waals surface area contributed by atoms with Crippen LogP contribution in [0.1, 0.15) is 38.8 Å². The number of hydrogen-bond donors (Lipinski definition) is 0. The van der Waals surface area contributed by atoms with E-state index in [1.807, 2.05) is 41.8 Å². The minimum Gasteiger partial charge on any atom is -0.494 e. The van der Waals surface area contributed by atoms with Gasteiger partial charge >= 0.3 is 0 Å². The molecule has 0 saturated heterocycles. The van der Waals surface area contributed by atoms with Crippen molar-refractivity contribution in [2.75, 3.05) is 6.61 Å². The van der Waals surface area contributed by atoms with E-state index < -0.39 is 0 Å². The molecule has 33 heavy (non-hydrogen) atoms. The van der Waals surface area contributed by atoms with Crippen LogP contribution in [0.2, 0.25) is 0 Å². The Labute approximate surface area is 198 Å². The van der Waals surface area contributed by atoms with Crippen LogP contribution in [0, 0.1) is 5.82 Å². The maximum atomic E-state index is 13.6. The summed E-state index contributed by atoms with van der Waals surface area (Å²) in [5, 5.41) is 9.77. The van der Waals surface area contributed by atoms with Crippen molar-refractivity contribution in [3.8, 4) is 22.8 Å². The van der Waals surface area contributed by atoms with Gasteiger partial charge in [0.05, 0.1) is 6.61 Å². The van der Waals surface area contributed by atoms with Crippen molar-refractivity contribution in [3.63, 3.8) is 0 Å². The summed E-state index contributed by atoms with van der Waals surface area (Å²) in [5.41, 5.74) is 4.17. The van der Waals surface area contributed by atoms with Gasteiger partial charge in [-0.2, -0.15) is 0 Å². The zero-order valence-electron chi connectivity index (χ0n) is 19.4. The summed E-state index contributed by atoms with van der Waals surface area (Å²) in [6, 6.07) is 23.0. The molecule has 0 amide bonds. The van der Waals surface area contributed by atoms with Gasteiger partial charge in [-0.25, -0.2) is 4.39 Å². The molecular weight excluding hydrogens is 433 g/mol. The molecule has 0 bridgehead atoms. The summed E-state index contributed by atoms with van der Waals surface area (Å²) in [7, 11) is 0. The monoisotopic (exact) mass is 461 g/mol. The molecule has 0 aliphatic heterocycles. The molecule has 1 aromatic heterocycles. The maximum Gasteiger partial charge on any atom is 0.196 e. The number of nitrogens with zero attached hydrogens (tertiary/aromatic N) is 3. The van der Waals surface area contributed by atoms with E-state index in [2.05, 4.69) is 55.2 Å². The molecule has 0 fully saturated rings. The molecule has 4 nitrogen and oxygen atoms in total. The minimum atomic E-state index is -0.235. The topological polar surface area (TPSA) is 39.9 Å². The van der Waals surface area contributed by atoms with Crippen molar-refractivity contribution in [2.45, 2.75) is 44.0 Å². The summed E-state index contributed by atoms with van der Waals surface area (Å²) >= 11 is 1.53. The van der Waals surface area contributed by atoms with Crippen LogP contribution in [-0.2, 0) is 11.2 Å². The first-order valence-electron chi connectivity index (χ1n) is 11.0. The van der Waals surface area contributed by atoms with Crippen LogP contribution in [0.3, 0.4) is 0 Å². The smallest absolute Gasteiger partial charge is 0.196 e. The quantitative estimate of drug-likeness (QED) is 0.276. The van der Waals surface area contributed by atoms with Crippen molar-refractivity contribution >= 4 is 11.8 Å². The molecule has 0 aliphatic carbocycles. The standard InChI is InChI=1S/C27H28FN3OS/c1-5-32-24-15-13-23(14-16-24)31-25(20-9-11-21(12-10-20)27(2,3)4)29-30-26(31)33-18-19-7-6-8-22(28)17-19/h6-17H,5,18H2,1-4H3. The lowest BCUT2D eigenvalue weighted by Crippen LogP contribution is -2.10. The highest BCUT2D eigenvalue weighted by Gasteiger charge is 2.18. The first-order chi connectivity index (χ1) is 15.8. The van der Waals surface area contributed by atoms with Crippen molar-refractivity contribution < 1.29 is 9.13 Å². The number of aromatic nitrogens is 3. The number of halogens is 1. The zero-order chi connectivity index (χ0) is 23.4. The van der Waals surface area contributed by atoms with E-state index in [0.29, 0.717) is 12.4 Å². The Bertz CT molecular complexity index is 1210. The number of benzene rings is 3. The fraction of sp³-hybridized carbons (Fsp3) is 0.259. The molecule has 4 aromatic rings. The SMILES string of the molecule is CCOc1ccc(-n2c(SCc3cccc(F)c3)nnc2-c2ccc(C(C)(C)C)cc2)cc1. The Morgan fingerprint density at radius 3 is 2.30 bits per heavy atom. The van der Waals surface area contributed by atoms with Gasteiger partial charge in [-0.1, -0.05) is 68.9 Å². The maximum absolute atomic E-state index is 13.6. The van der Waals surface area contributed by atoms with Gasteiger partial charge in [0.25, 0.3) is 0 Å². The normalized spacial score (nSPS) is 11.5. The van der Waals surface area contributed by atoms with Crippen LogP contribution < -0.4 is 4.74 Å². The molecule has 0 aliphatic rings. The van der Waals surface area contributed by atoms with Crippen LogP contribution in [0.5, 0.6) is 5.75 Å². The number of rotatable bonds is 7. The largest absolute Gasteiger partial charge is 0.494 e. The lowest BCUT2D eigenvalue weighted by atomic mass is 9.87. The van der Waals surface area contributed by atoms with Gasteiger partial charge in [0.2, 0.25) is 0 Å². The molecule has 1 heterocycles. The average molecular weight is 462 g/mol. The second-order valence-electron chi connectivity index (χ2n) is 8.81. The summed E-state index contributed by atoms with van der Waals surface area (Å²) in [4.78, 5) is 0. The predicted octanol–water partition coefficient (Wildman–Crippen LogP) is 7.06. The molecule has 0 radical (unpaired) electrons. The molecule has 6 heteroatoms. The summed E-state index contributed by atoms with van der Waals surface area (Å²) < 4.78 is 21.3. The summed E-state index contributed by atoms with van der Waals surface area (Å²) in [6.07, 6.45) is 0. The minimum absolute atomic E-state index is 0.0767. The van der Waals surface area contributed by atoms with E-state index >= 15 is 0 Å². The van der Waals surface area contributed by atoms with Crippen molar-refractivity contribution in [3.05, 3.63) is 89.7 Å². The highest BCUT2D eigenvalue weighted by Crippen LogP contribution is 2.32.